The van der Waals surface area contributed by atoms with Gasteiger partial charge in [-0.05, 0) is 23.3 Å². The molecule has 2 fully saturated rings. The SMILES string of the molecule is C=CC1(C(=O)OC(c2ccccc2)c2ccccc2)CS[C@@H]2C(N=Cc3ccccc3O)C(=O)N2C1. The van der Waals surface area contributed by atoms with Crippen molar-refractivity contribution in [2.24, 2.45) is 10.4 Å². The molecule has 2 aliphatic heterocycles. The van der Waals surface area contributed by atoms with Crippen LogP contribution in [0.2, 0.25) is 0 Å². The van der Waals surface area contributed by atoms with E-state index < -0.39 is 23.5 Å². The van der Waals surface area contributed by atoms with Crippen molar-refractivity contribution in [3.8, 4) is 5.75 Å². The average molecular weight is 499 g/mol. The first-order valence-electron chi connectivity index (χ1n) is 11.7. The summed E-state index contributed by atoms with van der Waals surface area (Å²) in [6, 6.07) is 25.5. The van der Waals surface area contributed by atoms with Crippen molar-refractivity contribution in [3.63, 3.8) is 0 Å². The molecule has 0 bridgehead atoms. The molecule has 2 unspecified atom stereocenters. The van der Waals surface area contributed by atoms with Crippen LogP contribution in [-0.2, 0) is 14.3 Å². The first-order chi connectivity index (χ1) is 17.5. The fraction of sp³-hybridized carbons (Fsp3) is 0.207. The monoisotopic (exact) mass is 498 g/mol. The number of benzene rings is 3. The lowest BCUT2D eigenvalue weighted by Crippen LogP contribution is -2.68. The predicted molar refractivity (Wildman–Crippen MR) is 141 cm³/mol. The number of hydrogen-bond donors (Lipinski definition) is 1. The smallest absolute Gasteiger partial charge is 0.319 e. The summed E-state index contributed by atoms with van der Waals surface area (Å²) in [5.41, 5.74) is 1.28. The van der Waals surface area contributed by atoms with Crippen LogP contribution in [0, 0.1) is 5.41 Å². The van der Waals surface area contributed by atoms with Crippen LogP contribution in [0.4, 0.5) is 0 Å². The van der Waals surface area contributed by atoms with Crippen LogP contribution in [0.3, 0.4) is 0 Å². The Kier molecular flexibility index (Phi) is 6.65. The minimum Gasteiger partial charge on any atom is -0.507 e. The molecule has 7 heteroatoms. The van der Waals surface area contributed by atoms with Gasteiger partial charge in [0.15, 0.2) is 12.1 Å². The van der Waals surface area contributed by atoms with E-state index in [0.717, 1.165) is 11.1 Å². The zero-order valence-electron chi connectivity index (χ0n) is 19.6. The third kappa shape index (κ3) is 4.42. The first kappa shape index (κ1) is 23.9. The standard InChI is InChI=1S/C29H26N2O4S/c1-2-29(28(34)35-25(20-11-5-3-6-12-20)21-13-7-4-8-14-21)18-31-26(33)24(27(31)36-19-29)30-17-22-15-9-10-16-23(22)32/h2-17,24-25,27,32H,1,18-19H2/t24?,27-,29?/m1/s1. The third-order valence-corrected chi connectivity index (χ3v) is 8.15. The average Bonchev–Trinajstić information content (AvgIpc) is 2.93. The quantitative estimate of drug-likeness (QED) is 0.223. The van der Waals surface area contributed by atoms with Crippen LogP contribution >= 0.6 is 11.8 Å². The number of phenolic OH excluding ortho intramolecular Hbond substituents is 1. The van der Waals surface area contributed by atoms with E-state index >= 15 is 0 Å². The molecule has 0 spiro atoms. The number of phenols is 1. The second-order valence-corrected chi connectivity index (χ2v) is 10.0. The normalized spacial score (nSPS) is 23.2. The second kappa shape index (κ2) is 10.0. The largest absolute Gasteiger partial charge is 0.507 e. The van der Waals surface area contributed by atoms with Gasteiger partial charge in [0, 0.05) is 24.1 Å². The number of esters is 1. The molecule has 3 aromatic rings. The number of aromatic hydroxyl groups is 1. The summed E-state index contributed by atoms with van der Waals surface area (Å²) < 4.78 is 6.13. The van der Waals surface area contributed by atoms with Crippen LogP contribution in [0.1, 0.15) is 22.8 Å². The molecule has 5 rings (SSSR count). The predicted octanol–water partition coefficient (Wildman–Crippen LogP) is 4.60. The zero-order chi connectivity index (χ0) is 25.1. The third-order valence-electron chi connectivity index (χ3n) is 6.62. The van der Waals surface area contributed by atoms with Crippen molar-refractivity contribution in [1.29, 1.82) is 0 Å². The first-order valence-corrected chi connectivity index (χ1v) is 12.8. The van der Waals surface area contributed by atoms with Crippen molar-refractivity contribution >= 4 is 29.9 Å². The van der Waals surface area contributed by atoms with Gasteiger partial charge in [-0.3, -0.25) is 14.6 Å². The van der Waals surface area contributed by atoms with E-state index in [1.807, 2.05) is 60.7 Å². The van der Waals surface area contributed by atoms with Crippen LogP contribution in [0.25, 0.3) is 0 Å². The molecule has 1 amide bonds. The molecule has 0 aromatic heterocycles. The van der Waals surface area contributed by atoms with E-state index in [9.17, 15) is 14.7 Å². The Morgan fingerprint density at radius 1 is 1.06 bits per heavy atom. The number of carbonyl (C=O) groups is 2. The van der Waals surface area contributed by atoms with Gasteiger partial charge in [0.25, 0.3) is 5.91 Å². The topological polar surface area (TPSA) is 79.2 Å². The molecule has 2 saturated heterocycles. The van der Waals surface area contributed by atoms with E-state index in [1.54, 1.807) is 35.2 Å². The number of para-hydroxylation sites is 1. The maximum Gasteiger partial charge on any atom is 0.319 e. The van der Waals surface area contributed by atoms with Crippen molar-refractivity contribution in [2.45, 2.75) is 17.5 Å². The van der Waals surface area contributed by atoms with E-state index in [0.29, 0.717) is 11.3 Å². The number of nitrogens with zero attached hydrogens (tertiary/aromatic N) is 2. The lowest BCUT2D eigenvalue weighted by atomic mass is 9.87. The van der Waals surface area contributed by atoms with Crippen LogP contribution in [0.15, 0.2) is 103 Å². The summed E-state index contributed by atoms with van der Waals surface area (Å²) >= 11 is 1.50. The van der Waals surface area contributed by atoms with Gasteiger partial charge in [-0.1, -0.05) is 78.9 Å². The van der Waals surface area contributed by atoms with Crippen molar-refractivity contribution in [1.82, 2.24) is 4.90 Å². The Morgan fingerprint density at radius 2 is 1.67 bits per heavy atom. The highest BCUT2D eigenvalue weighted by atomic mass is 32.2. The summed E-state index contributed by atoms with van der Waals surface area (Å²) in [6.07, 6.45) is 2.57. The molecule has 0 aliphatic carbocycles. The van der Waals surface area contributed by atoms with E-state index in [-0.39, 0.29) is 23.6 Å². The Labute approximate surface area is 214 Å². The Hall–Kier alpha value is -3.84. The molecule has 182 valence electrons. The Balaban J connectivity index is 1.32. The number of rotatable bonds is 7. The maximum atomic E-state index is 13.6. The van der Waals surface area contributed by atoms with E-state index in [1.165, 1.54) is 18.0 Å². The lowest BCUT2D eigenvalue weighted by Gasteiger charge is -2.52. The van der Waals surface area contributed by atoms with Gasteiger partial charge in [0.1, 0.15) is 16.5 Å². The van der Waals surface area contributed by atoms with Gasteiger partial charge in [-0.15, -0.1) is 18.3 Å². The number of fused-ring (bicyclic) bond motifs is 1. The number of β-lactam (4-membered cyclic amide) rings is 1. The molecular weight excluding hydrogens is 472 g/mol. The van der Waals surface area contributed by atoms with E-state index in [4.69, 9.17) is 4.74 Å². The van der Waals surface area contributed by atoms with Gasteiger partial charge in [-0.25, -0.2) is 0 Å². The zero-order valence-corrected chi connectivity index (χ0v) is 20.4. The fourth-order valence-electron chi connectivity index (χ4n) is 4.47. The molecule has 3 aromatic carbocycles. The number of thioether (sulfide) groups is 1. The molecule has 1 N–H and O–H groups in total. The summed E-state index contributed by atoms with van der Waals surface area (Å²) in [5, 5.41) is 9.79. The van der Waals surface area contributed by atoms with Crippen LogP contribution < -0.4 is 0 Å². The minimum absolute atomic E-state index is 0.112. The summed E-state index contributed by atoms with van der Waals surface area (Å²) in [4.78, 5) is 32.7. The summed E-state index contributed by atoms with van der Waals surface area (Å²) in [5.74, 6) is -0.0143. The molecular formula is C29H26N2O4S. The van der Waals surface area contributed by atoms with Gasteiger partial charge < -0.3 is 14.7 Å². The highest BCUT2D eigenvalue weighted by Gasteiger charge is 2.56. The number of hydrogen-bond acceptors (Lipinski definition) is 6. The van der Waals surface area contributed by atoms with Gasteiger partial charge in [-0.2, -0.15) is 0 Å². The van der Waals surface area contributed by atoms with Gasteiger partial charge in [0.2, 0.25) is 0 Å². The molecule has 0 saturated carbocycles. The lowest BCUT2D eigenvalue weighted by molar-refractivity contribution is -0.161. The molecule has 6 nitrogen and oxygen atoms in total. The Morgan fingerprint density at radius 3 is 2.28 bits per heavy atom. The number of ether oxygens (including phenoxy) is 1. The van der Waals surface area contributed by atoms with Crippen molar-refractivity contribution in [2.75, 3.05) is 12.3 Å². The Bertz CT molecular complexity index is 1260. The summed E-state index contributed by atoms with van der Waals surface area (Å²) in [6.45, 7) is 4.13. The van der Waals surface area contributed by atoms with Crippen molar-refractivity contribution < 1.29 is 19.4 Å². The molecule has 2 aliphatic rings. The highest BCUT2D eigenvalue weighted by molar-refractivity contribution is 8.00. The maximum absolute atomic E-state index is 13.6. The van der Waals surface area contributed by atoms with E-state index in [2.05, 4.69) is 11.6 Å². The number of carbonyl (C=O) groups excluding carboxylic acids is 2. The van der Waals surface area contributed by atoms with Crippen molar-refractivity contribution in [3.05, 3.63) is 114 Å². The van der Waals surface area contributed by atoms with Crippen LogP contribution in [0.5, 0.6) is 5.75 Å². The summed E-state index contributed by atoms with van der Waals surface area (Å²) in [7, 11) is 0. The number of amides is 1. The van der Waals surface area contributed by atoms with Crippen LogP contribution in [-0.4, -0.2) is 51.8 Å². The molecule has 0 radical (unpaired) electrons. The minimum atomic E-state index is -1.02. The molecule has 2 heterocycles. The molecule has 36 heavy (non-hydrogen) atoms. The number of aliphatic imine (C=N–C) groups is 1. The van der Waals surface area contributed by atoms with Gasteiger partial charge in [0.05, 0.1) is 0 Å². The fourth-order valence-corrected chi connectivity index (χ4v) is 5.99. The highest BCUT2D eigenvalue weighted by Crippen LogP contribution is 2.45. The molecule has 3 atom stereocenters. The van der Waals surface area contributed by atoms with Gasteiger partial charge >= 0.3 is 5.97 Å². The second-order valence-electron chi connectivity index (χ2n) is 8.92.